The number of carbonyl (C=O) groups is 1. The zero-order valence-electron chi connectivity index (χ0n) is 16.8. The number of amides is 1. The van der Waals surface area contributed by atoms with E-state index in [0.717, 1.165) is 29.7 Å². The minimum Gasteiger partial charge on any atom is -0.490 e. The molecule has 1 aliphatic heterocycles. The van der Waals surface area contributed by atoms with Crippen LogP contribution in [0, 0.1) is 6.92 Å². The van der Waals surface area contributed by atoms with Crippen molar-refractivity contribution in [2.75, 3.05) is 13.1 Å². The molecule has 29 heavy (non-hydrogen) atoms. The summed E-state index contributed by atoms with van der Waals surface area (Å²) in [7, 11) is 3.59. The molecule has 0 bridgehead atoms. The van der Waals surface area contributed by atoms with Gasteiger partial charge in [0.1, 0.15) is 11.9 Å². The monoisotopic (exact) mass is 413 g/mol. The van der Waals surface area contributed by atoms with E-state index in [2.05, 4.69) is 0 Å². The van der Waals surface area contributed by atoms with Gasteiger partial charge in [0.05, 0.1) is 16.5 Å². The second kappa shape index (κ2) is 7.59. The summed E-state index contributed by atoms with van der Waals surface area (Å²) in [5, 5.41) is 1.14. The molecule has 3 heterocycles. The van der Waals surface area contributed by atoms with E-state index in [1.807, 2.05) is 41.6 Å². The van der Waals surface area contributed by atoms with E-state index in [9.17, 15) is 9.59 Å². The highest BCUT2D eigenvalue weighted by atomic mass is 35.5. The van der Waals surface area contributed by atoms with Gasteiger partial charge in [0.25, 0.3) is 11.5 Å². The van der Waals surface area contributed by atoms with Gasteiger partial charge in [-0.05, 0) is 30.7 Å². The van der Waals surface area contributed by atoms with E-state index >= 15 is 0 Å². The lowest BCUT2D eigenvalue weighted by molar-refractivity contribution is 0.0597. The molecule has 1 amide bonds. The van der Waals surface area contributed by atoms with E-state index in [0.29, 0.717) is 29.1 Å². The standard InChI is InChI=1S/C22H24ClN3O3/c1-14-12-25(3)22(28)19-18(13-24(2)20(14)19)21(27)26-9-7-16(8-10-26)29-17-6-4-5-15(23)11-17/h4-6,11-13,16H,7-10H2,1-3H3. The topological polar surface area (TPSA) is 56.5 Å². The number of halogens is 1. The summed E-state index contributed by atoms with van der Waals surface area (Å²) in [6.07, 6.45) is 5.09. The second-order valence-corrected chi connectivity index (χ2v) is 8.11. The van der Waals surface area contributed by atoms with Gasteiger partial charge in [-0.25, -0.2) is 0 Å². The molecule has 0 spiro atoms. The molecule has 3 aromatic rings. The van der Waals surface area contributed by atoms with Crippen LogP contribution in [0.1, 0.15) is 28.8 Å². The molecule has 1 fully saturated rings. The molecule has 0 N–H and O–H groups in total. The predicted octanol–water partition coefficient (Wildman–Crippen LogP) is 3.52. The van der Waals surface area contributed by atoms with Crippen LogP contribution >= 0.6 is 11.6 Å². The number of rotatable bonds is 3. The third kappa shape index (κ3) is 3.65. The van der Waals surface area contributed by atoms with Crippen LogP contribution in [0.3, 0.4) is 0 Å². The first-order chi connectivity index (χ1) is 13.8. The zero-order valence-corrected chi connectivity index (χ0v) is 17.6. The first kappa shape index (κ1) is 19.6. The van der Waals surface area contributed by atoms with Gasteiger partial charge in [0.2, 0.25) is 0 Å². The molecule has 152 valence electrons. The average molecular weight is 414 g/mol. The number of ether oxygens (including phenoxy) is 1. The van der Waals surface area contributed by atoms with Gasteiger partial charge in [-0.15, -0.1) is 0 Å². The van der Waals surface area contributed by atoms with Crippen LogP contribution < -0.4 is 10.3 Å². The van der Waals surface area contributed by atoms with Crippen molar-refractivity contribution in [3.8, 4) is 5.75 Å². The van der Waals surface area contributed by atoms with Crippen molar-refractivity contribution in [2.24, 2.45) is 14.1 Å². The molecule has 0 atom stereocenters. The Morgan fingerprint density at radius 2 is 1.86 bits per heavy atom. The van der Waals surface area contributed by atoms with Gasteiger partial charge in [-0.2, -0.15) is 0 Å². The van der Waals surface area contributed by atoms with E-state index in [1.165, 1.54) is 0 Å². The van der Waals surface area contributed by atoms with Crippen molar-refractivity contribution in [3.05, 3.63) is 63.2 Å². The molecule has 0 saturated carbocycles. The smallest absolute Gasteiger partial charge is 0.260 e. The predicted molar refractivity (Wildman–Crippen MR) is 114 cm³/mol. The number of pyridine rings is 1. The molecule has 4 rings (SSSR count). The first-order valence-corrected chi connectivity index (χ1v) is 10.1. The maximum Gasteiger partial charge on any atom is 0.260 e. The lowest BCUT2D eigenvalue weighted by Crippen LogP contribution is -2.42. The highest BCUT2D eigenvalue weighted by Gasteiger charge is 2.28. The molecule has 1 aromatic carbocycles. The largest absolute Gasteiger partial charge is 0.490 e. The number of hydrogen-bond acceptors (Lipinski definition) is 3. The minimum absolute atomic E-state index is 0.0418. The third-order valence-electron chi connectivity index (χ3n) is 5.54. The highest BCUT2D eigenvalue weighted by molar-refractivity contribution is 6.30. The van der Waals surface area contributed by atoms with Crippen LogP contribution in [-0.2, 0) is 14.1 Å². The van der Waals surface area contributed by atoms with Crippen LogP contribution in [0.2, 0.25) is 5.02 Å². The van der Waals surface area contributed by atoms with E-state index in [1.54, 1.807) is 30.1 Å². The molecular weight excluding hydrogens is 390 g/mol. The fourth-order valence-electron chi connectivity index (χ4n) is 4.15. The number of fused-ring (bicyclic) bond motifs is 1. The van der Waals surface area contributed by atoms with Crippen molar-refractivity contribution in [2.45, 2.75) is 25.9 Å². The van der Waals surface area contributed by atoms with Gasteiger partial charge >= 0.3 is 0 Å². The number of likely N-dealkylation sites (tertiary alicyclic amines) is 1. The normalized spacial score (nSPS) is 15.1. The Labute approximate surface area is 174 Å². The maximum atomic E-state index is 13.2. The average Bonchev–Trinajstić information content (AvgIpc) is 3.04. The van der Waals surface area contributed by atoms with E-state index in [-0.39, 0.29) is 17.6 Å². The van der Waals surface area contributed by atoms with Crippen molar-refractivity contribution in [1.82, 2.24) is 14.0 Å². The van der Waals surface area contributed by atoms with Crippen LogP contribution in [0.4, 0.5) is 0 Å². The van der Waals surface area contributed by atoms with Crippen LogP contribution in [0.5, 0.6) is 5.75 Å². The summed E-state index contributed by atoms with van der Waals surface area (Å²) in [5.41, 5.74) is 2.11. The minimum atomic E-state index is -0.145. The summed E-state index contributed by atoms with van der Waals surface area (Å²) in [5.74, 6) is 0.648. The molecule has 1 saturated heterocycles. The molecule has 0 radical (unpaired) electrons. The second-order valence-electron chi connectivity index (χ2n) is 7.67. The number of carbonyl (C=O) groups excluding carboxylic acids is 1. The Hall–Kier alpha value is -2.73. The highest BCUT2D eigenvalue weighted by Crippen LogP contribution is 2.25. The van der Waals surface area contributed by atoms with Crippen molar-refractivity contribution in [1.29, 1.82) is 0 Å². The molecule has 7 heteroatoms. The zero-order chi connectivity index (χ0) is 20.7. The quantitative estimate of drug-likeness (QED) is 0.660. The van der Waals surface area contributed by atoms with Gasteiger partial charge in [0.15, 0.2) is 0 Å². The number of aryl methyl sites for hydroxylation is 3. The van der Waals surface area contributed by atoms with Crippen LogP contribution in [-0.4, -0.2) is 39.1 Å². The maximum absolute atomic E-state index is 13.2. The lowest BCUT2D eigenvalue weighted by atomic mass is 10.1. The fraction of sp³-hybridized carbons (Fsp3) is 0.364. The number of nitrogens with zero attached hydrogens (tertiary/aromatic N) is 3. The van der Waals surface area contributed by atoms with Gasteiger partial charge in [-0.3, -0.25) is 9.59 Å². The molecule has 1 aliphatic rings. The summed E-state index contributed by atoms with van der Waals surface area (Å²) >= 11 is 6.02. The summed E-state index contributed by atoms with van der Waals surface area (Å²) < 4.78 is 9.43. The van der Waals surface area contributed by atoms with Crippen molar-refractivity contribution >= 4 is 28.4 Å². The van der Waals surface area contributed by atoms with E-state index in [4.69, 9.17) is 16.3 Å². The molecule has 0 unspecified atom stereocenters. The number of piperidine rings is 1. The Kier molecular flexibility index (Phi) is 5.13. The summed E-state index contributed by atoms with van der Waals surface area (Å²) in [4.78, 5) is 27.8. The number of aromatic nitrogens is 2. The number of benzene rings is 1. The number of hydrogen-bond donors (Lipinski definition) is 0. The van der Waals surface area contributed by atoms with Crippen LogP contribution in [0.25, 0.3) is 10.9 Å². The molecular formula is C22H24ClN3O3. The Morgan fingerprint density at radius 1 is 1.14 bits per heavy atom. The SMILES string of the molecule is Cc1cn(C)c(=O)c2c(C(=O)N3CCC(Oc4cccc(Cl)c4)CC3)cn(C)c12. The first-order valence-electron chi connectivity index (χ1n) is 9.72. The molecule has 0 aliphatic carbocycles. The molecule has 2 aromatic heterocycles. The van der Waals surface area contributed by atoms with Gasteiger partial charge in [-0.1, -0.05) is 17.7 Å². The van der Waals surface area contributed by atoms with Crippen LogP contribution in [0.15, 0.2) is 41.5 Å². The summed E-state index contributed by atoms with van der Waals surface area (Å²) in [6, 6.07) is 7.36. The summed E-state index contributed by atoms with van der Waals surface area (Å²) in [6.45, 7) is 3.13. The van der Waals surface area contributed by atoms with Crippen molar-refractivity contribution < 1.29 is 9.53 Å². The fourth-order valence-corrected chi connectivity index (χ4v) is 4.33. The lowest BCUT2D eigenvalue weighted by Gasteiger charge is -2.32. The van der Waals surface area contributed by atoms with Gasteiger partial charge < -0.3 is 18.8 Å². The Morgan fingerprint density at radius 3 is 2.55 bits per heavy atom. The van der Waals surface area contributed by atoms with Gasteiger partial charge in [0, 0.05) is 57.4 Å². The van der Waals surface area contributed by atoms with Crippen molar-refractivity contribution in [3.63, 3.8) is 0 Å². The Balaban J connectivity index is 1.53. The third-order valence-corrected chi connectivity index (χ3v) is 5.77. The Bertz CT molecular complexity index is 1140. The molecule has 6 nitrogen and oxygen atoms in total. The van der Waals surface area contributed by atoms with E-state index < -0.39 is 0 Å².